The van der Waals surface area contributed by atoms with Gasteiger partial charge in [0.05, 0.1) is 6.61 Å². The summed E-state index contributed by atoms with van der Waals surface area (Å²) in [7, 11) is 0. The van der Waals surface area contributed by atoms with Crippen LogP contribution < -0.4 is 20.5 Å². The Morgan fingerprint density at radius 1 is 1.07 bits per heavy atom. The lowest BCUT2D eigenvalue weighted by atomic mass is 10.2. The van der Waals surface area contributed by atoms with E-state index in [9.17, 15) is 9.59 Å². The highest BCUT2D eigenvalue weighted by molar-refractivity contribution is 5.63. The number of ether oxygens (including phenoxy) is 1. The third-order valence-corrected chi connectivity index (χ3v) is 2.21. The summed E-state index contributed by atoms with van der Waals surface area (Å²) >= 11 is 0. The molecule has 78 valence electrons. The Hall–Kier alpha value is -1.32. The van der Waals surface area contributed by atoms with Crippen LogP contribution in [-0.2, 0) is 0 Å². The maximum absolute atomic E-state index is 11.3. The molecule has 0 aliphatic rings. The fourth-order valence-electron chi connectivity index (χ4n) is 1.46. The molecule has 14 heavy (non-hydrogen) atoms. The highest BCUT2D eigenvalue weighted by Gasteiger charge is 2.25. The second-order valence-corrected chi connectivity index (χ2v) is 2.94. The normalized spacial score (nSPS) is 10.5. The summed E-state index contributed by atoms with van der Waals surface area (Å²) in [6, 6.07) is 0. The molecule has 0 aliphatic carbocycles. The lowest BCUT2D eigenvalue weighted by molar-refractivity contribution is 0.333. The quantitative estimate of drug-likeness (QED) is 0.646. The standard InChI is InChI=1S/C10H15NO3/c1-4-11(5-2)7-8(12)9(13)10(7)14-6-3/h4-6H2,1-3H3. The van der Waals surface area contributed by atoms with Gasteiger partial charge in [0.25, 0.3) is 10.9 Å². The van der Waals surface area contributed by atoms with E-state index in [4.69, 9.17) is 4.74 Å². The van der Waals surface area contributed by atoms with Crippen molar-refractivity contribution in [3.05, 3.63) is 20.4 Å². The number of nitrogens with zero attached hydrogens (tertiary/aromatic N) is 1. The van der Waals surface area contributed by atoms with Crippen LogP contribution in [0.2, 0.25) is 0 Å². The zero-order valence-corrected chi connectivity index (χ0v) is 8.79. The van der Waals surface area contributed by atoms with Crippen LogP contribution >= 0.6 is 0 Å². The second kappa shape index (κ2) is 4.26. The molecule has 0 aromatic heterocycles. The SMILES string of the molecule is CCOc1c(N(CC)CC)c(=O)c1=O. The molecule has 1 aromatic carbocycles. The summed E-state index contributed by atoms with van der Waals surface area (Å²) < 4.78 is 5.13. The highest BCUT2D eigenvalue weighted by Crippen LogP contribution is 2.21. The first-order chi connectivity index (χ1) is 6.67. The van der Waals surface area contributed by atoms with E-state index in [1.807, 2.05) is 18.7 Å². The Labute approximate surface area is 82.8 Å². The minimum absolute atomic E-state index is 0.237. The predicted octanol–water partition coefficient (Wildman–Crippen LogP) is 0.527. The van der Waals surface area contributed by atoms with E-state index < -0.39 is 10.9 Å². The zero-order chi connectivity index (χ0) is 10.7. The van der Waals surface area contributed by atoms with Gasteiger partial charge in [-0.2, -0.15) is 0 Å². The summed E-state index contributed by atoms with van der Waals surface area (Å²) in [5.41, 5.74) is -0.465. The first-order valence-electron chi connectivity index (χ1n) is 4.88. The Kier molecular flexibility index (Phi) is 3.28. The average Bonchev–Trinajstić information content (AvgIpc) is 2.22. The molecule has 0 atom stereocenters. The van der Waals surface area contributed by atoms with Crippen LogP contribution in [0.25, 0.3) is 0 Å². The van der Waals surface area contributed by atoms with Crippen LogP contribution in [0.5, 0.6) is 5.75 Å². The molecule has 0 bridgehead atoms. The molecule has 0 N–H and O–H groups in total. The number of anilines is 1. The smallest absolute Gasteiger partial charge is 0.272 e. The van der Waals surface area contributed by atoms with Gasteiger partial charge in [-0.3, -0.25) is 9.59 Å². The predicted molar refractivity (Wildman–Crippen MR) is 56.1 cm³/mol. The van der Waals surface area contributed by atoms with Crippen LogP contribution in [0.1, 0.15) is 20.8 Å². The Bertz CT molecular complexity index is 373. The zero-order valence-electron chi connectivity index (χ0n) is 8.79. The summed E-state index contributed by atoms with van der Waals surface area (Å²) in [4.78, 5) is 24.3. The fourth-order valence-corrected chi connectivity index (χ4v) is 1.46. The van der Waals surface area contributed by atoms with Crippen molar-refractivity contribution < 1.29 is 4.74 Å². The van der Waals surface area contributed by atoms with E-state index in [0.717, 1.165) is 0 Å². The van der Waals surface area contributed by atoms with Gasteiger partial charge in [0.1, 0.15) is 5.69 Å². The van der Waals surface area contributed by atoms with Gasteiger partial charge in [0.2, 0.25) is 0 Å². The Morgan fingerprint density at radius 2 is 1.64 bits per heavy atom. The van der Waals surface area contributed by atoms with Gasteiger partial charge in [0.15, 0.2) is 5.75 Å². The van der Waals surface area contributed by atoms with Crippen LogP contribution in [0, 0.1) is 0 Å². The van der Waals surface area contributed by atoms with Gasteiger partial charge >= 0.3 is 0 Å². The van der Waals surface area contributed by atoms with Crippen molar-refractivity contribution in [2.75, 3.05) is 24.6 Å². The number of hydrogen-bond acceptors (Lipinski definition) is 4. The van der Waals surface area contributed by atoms with E-state index in [1.165, 1.54) is 0 Å². The molecule has 0 fully saturated rings. The summed E-state index contributed by atoms with van der Waals surface area (Å²) in [6.45, 7) is 7.51. The lowest BCUT2D eigenvalue weighted by Crippen LogP contribution is -2.41. The summed E-state index contributed by atoms with van der Waals surface area (Å²) in [5.74, 6) is 0.237. The van der Waals surface area contributed by atoms with Crippen molar-refractivity contribution in [3.63, 3.8) is 0 Å². The minimum Gasteiger partial charge on any atom is -0.488 e. The molecule has 0 aliphatic heterocycles. The van der Waals surface area contributed by atoms with Crippen LogP contribution in [0.15, 0.2) is 9.59 Å². The number of hydrogen-bond donors (Lipinski definition) is 0. The molecular formula is C10H15NO3. The van der Waals surface area contributed by atoms with Crippen molar-refractivity contribution in [2.24, 2.45) is 0 Å². The third kappa shape index (κ3) is 1.52. The Morgan fingerprint density at radius 3 is 2.07 bits per heavy atom. The van der Waals surface area contributed by atoms with Gasteiger partial charge in [0, 0.05) is 13.1 Å². The van der Waals surface area contributed by atoms with E-state index in [-0.39, 0.29) is 5.75 Å². The molecular weight excluding hydrogens is 182 g/mol. The van der Waals surface area contributed by atoms with Gasteiger partial charge in [-0.15, -0.1) is 0 Å². The molecule has 0 saturated heterocycles. The fraction of sp³-hybridized carbons (Fsp3) is 0.600. The van der Waals surface area contributed by atoms with E-state index in [2.05, 4.69) is 0 Å². The monoisotopic (exact) mass is 197 g/mol. The topological polar surface area (TPSA) is 46.6 Å². The van der Waals surface area contributed by atoms with Crippen molar-refractivity contribution in [2.45, 2.75) is 20.8 Å². The van der Waals surface area contributed by atoms with Gasteiger partial charge < -0.3 is 9.64 Å². The van der Waals surface area contributed by atoms with Crippen LogP contribution in [0.3, 0.4) is 0 Å². The second-order valence-electron chi connectivity index (χ2n) is 2.94. The van der Waals surface area contributed by atoms with Crippen LogP contribution in [0.4, 0.5) is 5.69 Å². The van der Waals surface area contributed by atoms with Crippen molar-refractivity contribution >= 4 is 5.69 Å². The average molecular weight is 197 g/mol. The molecule has 0 unspecified atom stereocenters. The summed E-state index contributed by atoms with van der Waals surface area (Å²) in [5, 5.41) is 0. The summed E-state index contributed by atoms with van der Waals surface area (Å²) in [6.07, 6.45) is 0. The maximum atomic E-state index is 11.3. The maximum Gasteiger partial charge on any atom is 0.272 e. The number of rotatable bonds is 5. The minimum atomic E-state index is -0.492. The first kappa shape index (κ1) is 10.8. The lowest BCUT2D eigenvalue weighted by Gasteiger charge is -2.23. The molecule has 4 heteroatoms. The van der Waals surface area contributed by atoms with E-state index >= 15 is 0 Å². The Balaban J connectivity index is 3.02. The molecule has 1 rings (SSSR count). The van der Waals surface area contributed by atoms with Gasteiger partial charge in [-0.25, -0.2) is 0 Å². The largest absolute Gasteiger partial charge is 0.488 e. The van der Waals surface area contributed by atoms with Gasteiger partial charge in [-0.1, -0.05) is 0 Å². The molecule has 0 amide bonds. The molecule has 0 heterocycles. The van der Waals surface area contributed by atoms with E-state index in [0.29, 0.717) is 25.4 Å². The molecule has 0 spiro atoms. The molecule has 1 aromatic rings. The molecule has 0 radical (unpaired) electrons. The first-order valence-corrected chi connectivity index (χ1v) is 4.88. The highest BCUT2D eigenvalue weighted by atomic mass is 16.5. The van der Waals surface area contributed by atoms with Crippen molar-refractivity contribution in [1.82, 2.24) is 0 Å². The van der Waals surface area contributed by atoms with Crippen molar-refractivity contribution in [3.8, 4) is 5.75 Å². The van der Waals surface area contributed by atoms with Gasteiger partial charge in [-0.05, 0) is 20.8 Å². The third-order valence-electron chi connectivity index (χ3n) is 2.21. The molecule has 0 saturated carbocycles. The van der Waals surface area contributed by atoms with E-state index in [1.54, 1.807) is 6.92 Å². The molecule has 4 nitrogen and oxygen atoms in total. The van der Waals surface area contributed by atoms with Crippen molar-refractivity contribution in [1.29, 1.82) is 0 Å². The van der Waals surface area contributed by atoms with Crippen LogP contribution in [-0.4, -0.2) is 19.7 Å².